The first kappa shape index (κ1) is 19.9. The molecule has 4 fully saturated rings. The lowest BCUT2D eigenvalue weighted by Crippen LogP contribution is -2.52. The monoisotopic (exact) mass is 375 g/mol. The maximum absolute atomic E-state index is 11.0. The molecule has 0 amide bonds. The lowest BCUT2D eigenvalue weighted by molar-refractivity contribution is -0.121. The van der Waals surface area contributed by atoms with Crippen molar-refractivity contribution in [1.82, 2.24) is 4.90 Å². The van der Waals surface area contributed by atoms with Crippen molar-refractivity contribution in [3.05, 3.63) is 12.2 Å². The van der Waals surface area contributed by atoms with E-state index in [-0.39, 0.29) is 17.6 Å². The Morgan fingerprint density at radius 2 is 1.78 bits per heavy atom. The first-order valence-corrected chi connectivity index (χ1v) is 11.6. The van der Waals surface area contributed by atoms with Gasteiger partial charge in [-0.1, -0.05) is 26.0 Å². The van der Waals surface area contributed by atoms with Crippen LogP contribution in [0.15, 0.2) is 12.2 Å². The molecule has 2 N–H and O–H groups in total. The van der Waals surface area contributed by atoms with Crippen LogP contribution in [0.4, 0.5) is 0 Å². The lowest BCUT2D eigenvalue weighted by Gasteiger charge is -2.56. The number of rotatable bonds is 4. The summed E-state index contributed by atoms with van der Waals surface area (Å²) in [6.07, 6.45) is 10.7. The maximum Gasteiger partial charge on any atom is 0.0621 e. The van der Waals surface area contributed by atoms with E-state index in [1.54, 1.807) is 0 Å². The highest BCUT2D eigenvalue weighted by molar-refractivity contribution is 5.20. The van der Waals surface area contributed by atoms with E-state index >= 15 is 0 Å². The number of hydrogen-bond donors (Lipinski definition) is 2. The number of aliphatic hydroxyl groups is 2. The minimum Gasteiger partial charge on any atom is -0.393 e. The number of nitrogens with zero attached hydrogens (tertiary/aromatic N) is 1. The van der Waals surface area contributed by atoms with Gasteiger partial charge in [0.1, 0.15) is 0 Å². The minimum atomic E-state index is -0.352. The molecule has 4 aliphatic rings. The van der Waals surface area contributed by atoms with Gasteiger partial charge in [-0.25, -0.2) is 0 Å². The SMILES string of the molecule is C=C1CCC2C(CCN3CCCC3)C(C3(C)CCC(O)CC3O)CCC12C. The molecule has 3 aliphatic carbocycles. The molecule has 0 bridgehead atoms. The van der Waals surface area contributed by atoms with Crippen molar-refractivity contribution in [3.63, 3.8) is 0 Å². The average molecular weight is 376 g/mol. The van der Waals surface area contributed by atoms with Gasteiger partial charge in [-0.05, 0) is 112 Å². The molecule has 0 aromatic carbocycles. The highest BCUT2D eigenvalue weighted by atomic mass is 16.3. The summed E-state index contributed by atoms with van der Waals surface area (Å²) in [4.78, 5) is 2.66. The molecule has 0 aromatic rings. The van der Waals surface area contributed by atoms with Crippen molar-refractivity contribution in [1.29, 1.82) is 0 Å². The Labute approximate surface area is 166 Å². The van der Waals surface area contributed by atoms with Gasteiger partial charge in [-0.2, -0.15) is 0 Å². The molecule has 1 heterocycles. The van der Waals surface area contributed by atoms with Gasteiger partial charge in [-0.3, -0.25) is 0 Å². The van der Waals surface area contributed by atoms with Crippen LogP contribution in [0.3, 0.4) is 0 Å². The van der Waals surface area contributed by atoms with Crippen molar-refractivity contribution < 1.29 is 10.2 Å². The molecular formula is C24H41NO2. The Morgan fingerprint density at radius 3 is 2.48 bits per heavy atom. The Balaban J connectivity index is 1.57. The van der Waals surface area contributed by atoms with Crippen molar-refractivity contribution in [3.8, 4) is 0 Å². The summed E-state index contributed by atoms with van der Waals surface area (Å²) in [5.41, 5.74) is 1.78. The Hall–Kier alpha value is -0.380. The van der Waals surface area contributed by atoms with Crippen LogP contribution in [-0.2, 0) is 0 Å². The van der Waals surface area contributed by atoms with Crippen molar-refractivity contribution in [2.24, 2.45) is 28.6 Å². The standard InChI is InChI=1S/C24H41NO2/c1-17-6-7-20-19(10-15-25-13-4-5-14-25)21(9-12-23(17,20)2)24(3)11-8-18(26)16-22(24)27/h18-22,26-27H,1,4-16H2,2-3H3. The third-order valence-corrected chi connectivity index (χ3v) is 9.49. The average Bonchev–Trinajstić information content (AvgIpc) is 3.25. The Morgan fingerprint density at radius 1 is 1.04 bits per heavy atom. The van der Waals surface area contributed by atoms with Gasteiger partial charge in [0.25, 0.3) is 0 Å². The second-order valence-electron chi connectivity index (χ2n) is 10.8. The molecule has 1 aliphatic heterocycles. The molecule has 1 saturated heterocycles. The first-order valence-electron chi connectivity index (χ1n) is 11.6. The number of allylic oxidation sites excluding steroid dienone is 1. The zero-order valence-electron chi connectivity index (χ0n) is 17.6. The van der Waals surface area contributed by atoms with Gasteiger partial charge in [0.15, 0.2) is 0 Å². The van der Waals surface area contributed by atoms with Crippen molar-refractivity contribution in [2.45, 2.75) is 90.3 Å². The van der Waals surface area contributed by atoms with E-state index in [1.165, 1.54) is 70.2 Å². The van der Waals surface area contributed by atoms with E-state index in [2.05, 4.69) is 25.3 Å². The third kappa shape index (κ3) is 3.42. The molecule has 3 saturated carbocycles. The number of fused-ring (bicyclic) bond motifs is 1. The maximum atomic E-state index is 11.0. The summed E-state index contributed by atoms with van der Waals surface area (Å²) in [5.74, 6) is 2.02. The largest absolute Gasteiger partial charge is 0.393 e. The second-order valence-corrected chi connectivity index (χ2v) is 10.8. The molecule has 7 unspecified atom stereocenters. The van der Waals surface area contributed by atoms with Gasteiger partial charge < -0.3 is 15.1 Å². The fraction of sp³-hybridized carbons (Fsp3) is 0.917. The van der Waals surface area contributed by atoms with Crippen LogP contribution in [0, 0.1) is 28.6 Å². The minimum absolute atomic E-state index is 0.0276. The summed E-state index contributed by atoms with van der Waals surface area (Å²) in [5, 5.41) is 21.1. The lowest BCUT2D eigenvalue weighted by atomic mass is 9.50. The summed E-state index contributed by atoms with van der Waals surface area (Å²) < 4.78 is 0. The van der Waals surface area contributed by atoms with E-state index < -0.39 is 0 Å². The predicted molar refractivity (Wildman–Crippen MR) is 110 cm³/mol. The summed E-state index contributed by atoms with van der Waals surface area (Å²) in [7, 11) is 0. The zero-order chi connectivity index (χ0) is 19.2. The van der Waals surface area contributed by atoms with Crippen LogP contribution < -0.4 is 0 Å². The number of hydrogen-bond acceptors (Lipinski definition) is 3. The zero-order valence-corrected chi connectivity index (χ0v) is 17.6. The quantitative estimate of drug-likeness (QED) is 0.717. The van der Waals surface area contributed by atoms with Gasteiger partial charge in [0.2, 0.25) is 0 Å². The summed E-state index contributed by atoms with van der Waals surface area (Å²) in [6, 6.07) is 0. The van der Waals surface area contributed by atoms with Crippen molar-refractivity contribution in [2.75, 3.05) is 19.6 Å². The normalized spacial score (nSPS) is 48.7. The van der Waals surface area contributed by atoms with E-state index in [0.717, 1.165) is 18.8 Å². The third-order valence-electron chi connectivity index (χ3n) is 9.49. The van der Waals surface area contributed by atoms with Crippen LogP contribution >= 0.6 is 0 Å². The molecule has 27 heavy (non-hydrogen) atoms. The molecule has 3 nitrogen and oxygen atoms in total. The fourth-order valence-corrected chi connectivity index (χ4v) is 7.48. The molecule has 0 radical (unpaired) electrons. The van der Waals surface area contributed by atoms with Crippen molar-refractivity contribution >= 4 is 0 Å². The second kappa shape index (κ2) is 7.46. The van der Waals surface area contributed by atoms with Gasteiger partial charge in [-0.15, -0.1) is 0 Å². The first-order chi connectivity index (χ1) is 12.8. The highest BCUT2D eigenvalue weighted by Crippen LogP contribution is 2.63. The van der Waals surface area contributed by atoms with Gasteiger partial charge in [0, 0.05) is 0 Å². The van der Waals surface area contributed by atoms with Crippen LogP contribution in [0.5, 0.6) is 0 Å². The smallest absolute Gasteiger partial charge is 0.0621 e. The molecular weight excluding hydrogens is 334 g/mol. The van der Waals surface area contributed by atoms with Crippen LogP contribution in [-0.4, -0.2) is 47.0 Å². The van der Waals surface area contributed by atoms with E-state index in [1.807, 2.05) is 0 Å². The summed E-state index contributed by atoms with van der Waals surface area (Å²) in [6.45, 7) is 13.1. The van der Waals surface area contributed by atoms with Gasteiger partial charge in [0.05, 0.1) is 12.2 Å². The molecule has 0 spiro atoms. The van der Waals surface area contributed by atoms with Gasteiger partial charge >= 0.3 is 0 Å². The molecule has 4 rings (SSSR count). The van der Waals surface area contributed by atoms with Crippen LogP contribution in [0.2, 0.25) is 0 Å². The molecule has 7 atom stereocenters. The highest BCUT2D eigenvalue weighted by Gasteiger charge is 2.56. The van der Waals surface area contributed by atoms with E-state index in [9.17, 15) is 10.2 Å². The molecule has 0 aromatic heterocycles. The van der Waals surface area contributed by atoms with E-state index in [4.69, 9.17) is 0 Å². The Kier molecular flexibility index (Phi) is 5.50. The number of aliphatic hydroxyl groups excluding tert-OH is 2. The molecule has 3 heteroatoms. The fourth-order valence-electron chi connectivity index (χ4n) is 7.48. The number of likely N-dealkylation sites (tertiary alicyclic amines) is 1. The van der Waals surface area contributed by atoms with E-state index in [0.29, 0.717) is 23.7 Å². The molecule has 154 valence electrons. The van der Waals surface area contributed by atoms with Crippen LogP contribution in [0.1, 0.15) is 78.1 Å². The topological polar surface area (TPSA) is 43.7 Å². The summed E-state index contributed by atoms with van der Waals surface area (Å²) >= 11 is 0. The van der Waals surface area contributed by atoms with Crippen LogP contribution in [0.25, 0.3) is 0 Å². The Bertz CT molecular complexity index is 557. The predicted octanol–water partition coefficient (Wildman–Crippen LogP) is 4.38.